The Morgan fingerprint density at radius 1 is 1.20 bits per heavy atom. The fraction of sp³-hybridized carbons (Fsp3) is 0.588. The highest BCUT2D eigenvalue weighted by Gasteiger charge is 2.41. The number of likely N-dealkylation sites (tertiary alicyclic amines) is 1. The lowest BCUT2D eigenvalue weighted by Gasteiger charge is -2.39. The third kappa shape index (κ3) is 3.70. The van der Waals surface area contributed by atoms with Gasteiger partial charge in [-0.1, -0.05) is 0 Å². The highest BCUT2D eigenvalue weighted by molar-refractivity contribution is 7.92. The van der Waals surface area contributed by atoms with Gasteiger partial charge in [0.25, 0.3) is 0 Å². The van der Waals surface area contributed by atoms with Crippen molar-refractivity contribution >= 4 is 15.7 Å². The van der Waals surface area contributed by atoms with Crippen LogP contribution in [0.5, 0.6) is 0 Å². The smallest absolute Gasteiger partial charge is 0.241 e. The van der Waals surface area contributed by atoms with E-state index in [1.807, 2.05) is 0 Å². The van der Waals surface area contributed by atoms with Crippen LogP contribution >= 0.6 is 0 Å². The van der Waals surface area contributed by atoms with Gasteiger partial charge >= 0.3 is 0 Å². The summed E-state index contributed by atoms with van der Waals surface area (Å²) in [5.41, 5.74) is 0. The van der Waals surface area contributed by atoms with E-state index in [0.29, 0.717) is 19.8 Å². The average Bonchev–Trinajstić information content (AvgIpc) is 3.15. The number of hydrogen-bond donors (Lipinski definition) is 0. The normalized spacial score (nSPS) is 23.6. The Labute approximate surface area is 146 Å². The lowest BCUT2D eigenvalue weighted by Crippen LogP contribution is -2.53. The van der Waals surface area contributed by atoms with Crippen molar-refractivity contribution in [2.45, 2.75) is 48.7 Å². The summed E-state index contributed by atoms with van der Waals surface area (Å²) >= 11 is 0. The SMILES string of the molecule is CC(C(=O)N1CCCCC1C1OCCO1)S(=O)(=O)c1ccc(F)cc1. The molecule has 2 atom stereocenters. The summed E-state index contributed by atoms with van der Waals surface area (Å²) in [5.74, 6) is -0.988. The molecule has 2 fully saturated rings. The molecule has 8 heteroatoms. The Hall–Kier alpha value is -1.51. The van der Waals surface area contributed by atoms with Crippen molar-refractivity contribution in [2.24, 2.45) is 0 Å². The topological polar surface area (TPSA) is 72.9 Å². The molecule has 0 aromatic heterocycles. The van der Waals surface area contributed by atoms with Crippen LogP contribution in [0.3, 0.4) is 0 Å². The summed E-state index contributed by atoms with van der Waals surface area (Å²) in [6.07, 6.45) is 1.99. The molecule has 0 aliphatic carbocycles. The van der Waals surface area contributed by atoms with Gasteiger partial charge in [-0.2, -0.15) is 0 Å². The maximum atomic E-state index is 13.1. The van der Waals surface area contributed by atoms with Gasteiger partial charge < -0.3 is 14.4 Å². The van der Waals surface area contributed by atoms with Crippen molar-refractivity contribution in [3.8, 4) is 0 Å². The molecule has 2 unspecified atom stereocenters. The number of rotatable bonds is 4. The van der Waals surface area contributed by atoms with E-state index in [1.165, 1.54) is 19.1 Å². The predicted octanol–water partition coefficient (Wildman–Crippen LogP) is 1.74. The standard InChI is InChI=1S/C17H22FNO5S/c1-12(25(21,22)14-7-5-13(18)6-8-14)16(20)19-9-3-2-4-15(19)17-23-10-11-24-17/h5-8,12,15,17H,2-4,9-11H2,1H3. The molecule has 138 valence electrons. The number of sulfone groups is 1. The summed E-state index contributed by atoms with van der Waals surface area (Å²) in [6.45, 7) is 2.82. The fourth-order valence-corrected chi connectivity index (χ4v) is 4.63. The number of benzene rings is 1. The Morgan fingerprint density at radius 3 is 2.48 bits per heavy atom. The number of piperidine rings is 1. The highest BCUT2D eigenvalue weighted by Crippen LogP contribution is 2.27. The monoisotopic (exact) mass is 371 g/mol. The summed E-state index contributed by atoms with van der Waals surface area (Å²) in [6, 6.07) is 4.26. The molecular formula is C17H22FNO5S. The summed E-state index contributed by atoms with van der Waals surface area (Å²) in [5, 5.41) is -1.25. The molecule has 0 N–H and O–H groups in total. The van der Waals surface area contributed by atoms with Crippen LogP contribution in [-0.2, 0) is 24.1 Å². The third-order valence-corrected chi connectivity index (χ3v) is 6.81. The van der Waals surface area contributed by atoms with Crippen LogP contribution < -0.4 is 0 Å². The van der Waals surface area contributed by atoms with Crippen molar-refractivity contribution < 1.29 is 27.1 Å². The number of amides is 1. The zero-order valence-electron chi connectivity index (χ0n) is 14.1. The van der Waals surface area contributed by atoms with Gasteiger partial charge in [0.15, 0.2) is 16.1 Å². The zero-order valence-corrected chi connectivity index (χ0v) is 14.9. The Morgan fingerprint density at radius 2 is 1.84 bits per heavy atom. The molecule has 6 nitrogen and oxygen atoms in total. The largest absolute Gasteiger partial charge is 0.348 e. The molecule has 1 amide bonds. The Kier molecular flexibility index (Phi) is 5.41. The summed E-state index contributed by atoms with van der Waals surface area (Å²) in [7, 11) is -3.89. The van der Waals surface area contributed by atoms with Crippen LogP contribution in [0.4, 0.5) is 4.39 Å². The van der Waals surface area contributed by atoms with Gasteiger partial charge in [0.1, 0.15) is 11.1 Å². The summed E-state index contributed by atoms with van der Waals surface area (Å²) in [4.78, 5) is 14.4. The van der Waals surface area contributed by atoms with Crippen LogP contribution in [0, 0.1) is 5.82 Å². The lowest BCUT2D eigenvalue weighted by atomic mass is 10.0. The molecular weight excluding hydrogens is 349 g/mol. The first-order valence-corrected chi connectivity index (χ1v) is 9.99. The van der Waals surface area contributed by atoms with Crippen LogP contribution in [0.1, 0.15) is 26.2 Å². The minimum absolute atomic E-state index is 0.0586. The van der Waals surface area contributed by atoms with Crippen molar-refractivity contribution in [3.63, 3.8) is 0 Å². The van der Waals surface area contributed by atoms with Gasteiger partial charge in [0.05, 0.1) is 24.2 Å². The summed E-state index contributed by atoms with van der Waals surface area (Å²) < 4.78 is 49.6. The molecule has 0 spiro atoms. The maximum Gasteiger partial charge on any atom is 0.241 e. The minimum Gasteiger partial charge on any atom is -0.348 e. The van der Waals surface area contributed by atoms with Gasteiger partial charge in [-0.3, -0.25) is 4.79 Å². The van der Waals surface area contributed by atoms with Crippen molar-refractivity contribution in [3.05, 3.63) is 30.1 Å². The molecule has 2 heterocycles. The van der Waals surface area contributed by atoms with Gasteiger partial charge in [-0.15, -0.1) is 0 Å². The first-order chi connectivity index (χ1) is 11.9. The predicted molar refractivity (Wildman–Crippen MR) is 88.1 cm³/mol. The lowest BCUT2D eigenvalue weighted by molar-refractivity contribution is -0.149. The molecule has 2 aliphatic heterocycles. The molecule has 0 radical (unpaired) electrons. The second kappa shape index (κ2) is 7.39. The number of ether oxygens (including phenoxy) is 2. The molecule has 2 aliphatic rings. The van der Waals surface area contributed by atoms with Gasteiger partial charge in [-0.05, 0) is 50.5 Å². The molecule has 3 rings (SSSR count). The number of nitrogens with zero attached hydrogens (tertiary/aromatic N) is 1. The Bertz CT molecular complexity index is 715. The third-order valence-electron chi connectivity index (χ3n) is 4.75. The molecule has 0 bridgehead atoms. The van der Waals surface area contributed by atoms with Gasteiger partial charge in [0, 0.05) is 6.54 Å². The van der Waals surface area contributed by atoms with E-state index >= 15 is 0 Å². The van der Waals surface area contributed by atoms with Crippen LogP contribution in [0.15, 0.2) is 29.2 Å². The highest BCUT2D eigenvalue weighted by atomic mass is 32.2. The van der Waals surface area contributed by atoms with Crippen molar-refractivity contribution in [1.82, 2.24) is 4.90 Å². The molecule has 1 aromatic rings. The minimum atomic E-state index is -3.89. The average molecular weight is 371 g/mol. The maximum absolute atomic E-state index is 13.1. The van der Waals surface area contributed by atoms with E-state index < -0.39 is 33.1 Å². The van der Waals surface area contributed by atoms with Crippen molar-refractivity contribution in [2.75, 3.05) is 19.8 Å². The second-order valence-electron chi connectivity index (χ2n) is 6.35. The second-order valence-corrected chi connectivity index (χ2v) is 8.61. The number of carbonyl (C=O) groups is 1. The quantitative estimate of drug-likeness (QED) is 0.754. The van der Waals surface area contributed by atoms with E-state index in [0.717, 1.165) is 31.4 Å². The zero-order chi connectivity index (χ0) is 18.0. The van der Waals surface area contributed by atoms with Crippen LogP contribution in [-0.4, -0.2) is 56.6 Å². The number of hydrogen-bond acceptors (Lipinski definition) is 5. The van der Waals surface area contributed by atoms with Gasteiger partial charge in [0.2, 0.25) is 5.91 Å². The molecule has 25 heavy (non-hydrogen) atoms. The van der Waals surface area contributed by atoms with E-state index in [-0.39, 0.29) is 10.9 Å². The van der Waals surface area contributed by atoms with E-state index in [2.05, 4.69) is 0 Å². The number of carbonyl (C=O) groups excluding carboxylic acids is 1. The molecule has 0 saturated carbocycles. The Balaban J connectivity index is 1.81. The van der Waals surface area contributed by atoms with E-state index in [9.17, 15) is 17.6 Å². The fourth-order valence-electron chi connectivity index (χ4n) is 3.31. The van der Waals surface area contributed by atoms with Crippen molar-refractivity contribution in [1.29, 1.82) is 0 Å². The van der Waals surface area contributed by atoms with E-state index in [4.69, 9.17) is 9.47 Å². The molecule has 2 saturated heterocycles. The first kappa shape index (κ1) is 18.3. The number of halogens is 1. The van der Waals surface area contributed by atoms with Crippen LogP contribution in [0.2, 0.25) is 0 Å². The molecule has 1 aromatic carbocycles. The van der Waals surface area contributed by atoms with E-state index in [1.54, 1.807) is 4.90 Å². The first-order valence-electron chi connectivity index (χ1n) is 8.44. The van der Waals surface area contributed by atoms with Gasteiger partial charge in [-0.25, -0.2) is 12.8 Å². The van der Waals surface area contributed by atoms with Crippen LogP contribution in [0.25, 0.3) is 0 Å².